The molecule has 4 nitrogen and oxygen atoms in total. The minimum atomic E-state index is -4.10. The Bertz CT molecular complexity index is 612. The van der Waals surface area contributed by atoms with Gasteiger partial charge in [0.15, 0.2) is 0 Å². The van der Waals surface area contributed by atoms with E-state index in [1.807, 2.05) is 13.8 Å². The second-order valence-corrected chi connectivity index (χ2v) is 7.04. The average molecular weight is 322 g/mol. The number of carbonyl (C=O) groups is 1. The Labute approximate surface area is 122 Å². The third-order valence-corrected chi connectivity index (χ3v) is 4.60. The fraction of sp³-hybridized carbons (Fsp3) is 0.462. The molecule has 0 aliphatic carbocycles. The Morgan fingerprint density at radius 2 is 1.90 bits per heavy atom. The molecule has 0 fully saturated rings. The van der Waals surface area contributed by atoms with Crippen molar-refractivity contribution in [3.8, 4) is 0 Å². The van der Waals surface area contributed by atoms with Crippen LogP contribution in [-0.2, 0) is 9.05 Å². The number of rotatable bonds is 5. The van der Waals surface area contributed by atoms with Crippen LogP contribution in [0.5, 0.6) is 0 Å². The highest BCUT2D eigenvalue weighted by atomic mass is 35.7. The molecule has 7 heteroatoms. The molecule has 0 saturated heterocycles. The molecule has 0 aliphatic heterocycles. The summed E-state index contributed by atoms with van der Waals surface area (Å²) >= 11 is 0. The Morgan fingerprint density at radius 3 is 2.35 bits per heavy atom. The number of hydrogen-bond acceptors (Lipinski definition) is 3. The molecule has 1 N–H and O–H groups in total. The highest BCUT2D eigenvalue weighted by Gasteiger charge is 2.22. The zero-order valence-electron chi connectivity index (χ0n) is 11.5. The van der Waals surface area contributed by atoms with Crippen molar-refractivity contribution in [2.24, 2.45) is 0 Å². The summed E-state index contributed by atoms with van der Waals surface area (Å²) < 4.78 is 36.3. The lowest BCUT2D eigenvalue weighted by atomic mass is 10.1. The lowest BCUT2D eigenvalue weighted by Crippen LogP contribution is -2.34. The van der Waals surface area contributed by atoms with Gasteiger partial charge < -0.3 is 5.32 Å². The number of amides is 1. The van der Waals surface area contributed by atoms with E-state index in [1.54, 1.807) is 0 Å². The summed E-state index contributed by atoms with van der Waals surface area (Å²) in [5.74, 6) is -1.32. The Hall–Kier alpha value is -1.14. The van der Waals surface area contributed by atoms with E-state index in [0.29, 0.717) is 0 Å². The van der Waals surface area contributed by atoms with Crippen LogP contribution in [0.2, 0.25) is 0 Å². The highest BCUT2D eigenvalue weighted by molar-refractivity contribution is 8.13. The smallest absolute Gasteiger partial charge is 0.261 e. The first kappa shape index (κ1) is 16.9. The van der Waals surface area contributed by atoms with Gasteiger partial charge in [-0.1, -0.05) is 13.8 Å². The van der Waals surface area contributed by atoms with Gasteiger partial charge in [0, 0.05) is 22.3 Å². The van der Waals surface area contributed by atoms with Crippen LogP contribution in [0.3, 0.4) is 0 Å². The first-order valence-electron chi connectivity index (χ1n) is 6.26. The van der Waals surface area contributed by atoms with E-state index in [4.69, 9.17) is 10.7 Å². The van der Waals surface area contributed by atoms with Crippen LogP contribution in [0.25, 0.3) is 0 Å². The predicted octanol–water partition coefficient (Wildman–Crippen LogP) is 2.98. The SMILES string of the molecule is CCC(CC)NC(=O)c1cc(F)cc(S(=O)(=O)Cl)c1C. The zero-order chi connectivity index (χ0) is 15.5. The number of halogens is 2. The normalized spacial score (nSPS) is 11.7. The molecule has 20 heavy (non-hydrogen) atoms. The minimum absolute atomic E-state index is 0.0175. The molecule has 0 radical (unpaired) electrons. The molecular weight excluding hydrogens is 305 g/mol. The van der Waals surface area contributed by atoms with E-state index < -0.39 is 20.8 Å². The van der Waals surface area contributed by atoms with Gasteiger partial charge in [-0.3, -0.25) is 4.79 Å². The molecule has 1 amide bonds. The molecule has 0 aromatic heterocycles. The molecule has 0 saturated carbocycles. The monoisotopic (exact) mass is 321 g/mol. The fourth-order valence-corrected chi connectivity index (χ4v) is 3.11. The van der Waals surface area contributed by atoms with Gasteiger partial charge in [0.1, 0.15) is 5.82 Å². The summed E-state index contributed by atoms with van der Waals surface area (Å²) in [6.45, 7) is 5.26. The van der Waals surface area contributed by atoms with Crippen LogP contribution in [0.15, 0.2) is 17.0 Å². The molecule has 0 spiro atoms. The first-order valence-corrected chi connectivity index (χ1v) is 8.57. The summed E-state index contributed by atoms with van der Waals surface area (Å²) in [4.78, 5) is 11.7. The summed E-state index contributed by atoms with van der Waals surface area (Å²) in [5, 5.41) is 2.74. The molecule has 1 rings (SSSR count). The van der Waals surface area contributed by atoms with Crippen LogP contribution >= 0.6 is 10.7 Å². The van der Waals surface area contributed by atoms with Gasteiger partial charge in [-0.2, -0.15) is 0 Å². The molecule has 0 aliphatic rings. The summed E-state index contributed by atoms with van der Waals surface area (Å²) in [7, 11) is 1.15. The summed E-state index contributed by atoms with van der Waals surface area (Å²) in [6, 6.07) is 1.78. The predicted molar refractivity (Wildman–Crippen MR) is 76.0 cm³/mol. The van der Waals surface area contributed by atoms with E-state index >= 15 is 0 Å². The Kier molecular flexibility index (Phi) is 5.53. The minimum Gasteiger partial charge on any atom is -0.349 e. The second-order valence-electron chi connectivity index (χ2n) is 4.50. The summed E-state index contributed by atoms with van der Waals surface area (Å²) in [6.07, 6.45) is 1.47. The van der Waals surface area contributed by atoms with E-state index in [2.05, 4.69) is 5.32 Å². The number of nitrogens with one attached hydrogen (secondary N) is 1. The standard InChI is InChI=1S/C13H17ClFNO3S/c1-4-10(5-2)16-13(17)11-6-9(15)7-12(8(11)3)20(14,18)19/h6-7,10H,4-5H2,1-3H3,(H,16,17). The van der Waals surface area contributed by atoms with Crippen molar-refractivity contribution in [1.82, 2.24) is 5.32 Å². The van der Waals surface area contributed by atoms with Crippen molar-refractivity contribution >= 4 is 25.6 Å². The van der Waals surface area contributed by atoms with Crippen molar-refractivity contribution in [2.75, 3.05) is 0 Å². The van der Waals surface area contributed by atoms with Crippen molar-refractivity contribution in [3.05, 3.63) is 29.1 Å². The van der Waals surface area contributed by atoms with E-state index in [-0.39, 0.29) is 22.1 Å². The Balaban J connectivity index is 3.26. The average Bonchev–Trinajstić information content (AvgIpc) is 2.36. The lowest BCUT2D eigenvalue weighted by molar-refractivity contribution is 0.0933. The lowest BCUT2D eigenvalue weighted by Gasteiger charge is -2.16. The molecule has 0 bridgehead atoms. The van der Waals surface area contributed by atoms with Gasteiger partial charge in [-0.15, -0.1) is 0 Å². The maximum Gasteiger partial charge on any atom is 0.261 e. The van der Waals surface area contributed by atoms with Crippen molar-refractivity contribution in [2.45, 2.75) is 44.6 Å². The van der Waals surface area contributed by atoms with Crippen LogP contribution in [0.1, 0.15) is 42.6 Å². The zero-order valence-corrected chi connectivity index (χ0v) is 13.1. The van der Waals surface area contributed by atoms with E-state index in [9.17, 15) is 17.6 Å². The van der Waals surface area contributed by atoms with Crippen LogP contribution < -0.4 is 5.32 Å². The largest absolute Gasteiger partial charge is 0.349 e. The van der Waals surface area contributed by atoms with Crippen LogP contribution in [-0.4, -0.2) is 20.4 Å². The van der Waals surface area contributed by atoms with E-state index in [0.717, 1.165) is 25.0 Å². The van der Waals surface area contributed by atoms with Crippen molar-refractivity contribution < 1.29 is 17.6 Å². The molecule has 1 aromatic carbocycles. The van der Waals surface area contributed by atoms with Gasteiger partial charge in [0.2, 0.25) is 0 Å². The van der Waals surface area contributed by atoms with Gasteiger partial charge >= 0.3 is 0 Å². The maximum atomic E-state index is 13.5. The van der Waals surface area contributed by atoms with Crippen molar-refractivity contribution in [3.63, 3.8) is 0 Å². The fourth-order valence-electron chi connectivity index (χ4n) is 1.90. The van der Waals surface area contributed by atoms with Crippen molar-refractivity contribution in [1.29, 1.82) is 0 Å². The quantitative estimate of drug-likeness (QED) is 0.848. The third kappa shape index (κ3) is 3.93. The number of benzene rings is 1. The molecule has 1 aromatic rings. The van der Waals surface area contributed by atoms with Crippen LogP contribution in [0, 0.1) is 12.7 Å². The second kappa shape index (κ2) is 6.54. The highest BCUT2D eigenvalue weighted by Crippen LogP contribution is 2.24. The maximum absolute atomic E-state index is 13.5. The third-order valence-electron chi connectivity index (χ3n) is 3.15. The van der Waals surface area contributed by atoms with Crippen LogP contribution in [0.4, 0.5) is 4.39 Å². The van der Waals surface area contributed by atoms with Gasteiger partial charge in [-0.25, -0.2) is 12.8 Å². The summed E-state index contributed by atoms with van der Waals surface area (Å²) in [5.41, 5.74) is 0.126. The molecule has 0 unspecified atom stereocenters. The topological polar surface area (TPSA) is 63.2 Å². The number of carbonyl (C=O) groups excluding carboxylic acids is 1. The van der Waals surface area contributed by atoms with E-state index in [1.165, 1.54) is 6.92 Å². The molecule has 0 heterocycles. The van der Waals surface area contributed by atoms with Gasteiger partial charge in [0.05, 0.1) is 4.90 Å². The number of hydrogen-bond donors (Lipinski definition) is 1. The molecular formula is C13H17ClFNO3S. The molecule has 112 valence electrons. The molecule has 0 atom stereocenters. The van der Waals surface area contributed by atoms with Gasteiger partial charge in [0.25, 0.3) is 15.0 Å². The first-order chi connectivity index (χ1) is 9.20. The van der Waals surface area contributed by atoms with Gasteiger partial charge in [-0.05, 0) is 37.5 Å². The Morgan fingerprint density at radius 1 is 1.35 bits per heavy atom.